The fourth-order valence-corrected chi connectivity index (χ4v) is 3.28. The second-order valence-electron chi connectivity index (χ2n) is 6.81. The maximum atomic E-state index is 4.76. The summed E-state index contributed by atoms with van der Waals surface area (Å²) in [4.78, 5) is 11.8. The minimum Gasteiger partial charge on any atom is -0.340 e. The minimum absolute atomic E-state index is 0.476. The van der Waals surface area contributed by atoms with Crippen LogP contribution in [0.4, 0.5) is 5.95 Å². The first-order valence-electron chi connectivity index (χ1n) is 8.46. The third kappa shape index (κ3) is 3.20. The fourth-order valence-electron chi connectivity index (χ4n) is 3.28. The van der Waals surface area contributed by atoms with E-state index >= 15 is 0 Å². The van der Waals surface area contributed by atoms with Gasteiger partial charge in [-0.1, -0.05) is 13.8 Å². The highest BCUT2D eigenvalue weighted by Crippen LogP contribution is 2.38. The van der Waals surface area contributed by atoms with Crippen LogP contribution in [0.3, 0.4) is 0 Å². The molecule has 21 heavy (non-hydrogen) atoms. The molecule has 0 bridgehead atoms. The molecule has 4 heteroatoms. The third-order valence-electron chi connectivity index (χ3n) is 5.45. The number of nitrogens with zero attached hydrogens (tertiary/aromatic N) is 3. The molecule has 1 N–H and O–H groups in total. The first kappa shape index (κ1) is 14.8. The highest BCUT2D eigenvalue weighted by Gasteiger charge is 2.36. The van der Waals surface area contributed by atoms with Gasteiger partial charge in [-0.15, -0.1) is 0 Å². The predicted octanol–water partition coefficient (Wildman–Crippen LogP) is 3.05. The maximum Gasteiger partial charge on any atom is 0.225 e. The molecule has 0 amide bonds. The van der Waals surface area contributed by atoms with Gasteiger partial charge in [0, 0.05) is 43.1 Å². The van der Waals surface area contributed by atoms with Crippen LogP contribution in [-0.4, -0.2) is 29.1 Å². The lowest BCUT2D eigenvalue weighted by molar-refractivity contribution is 0.301. The molecule has 2 heterocycles. The molecule has 0 atom stereocenters. The van der Waals surface area contributed by atoms with Crippen LogP contribution in [0.25, 0.3) is 0 Å². The molecule has 1 saturated heterocycles. The van der Waals surface area contributed by atoms with E-state index in [1.165, 1.54) is 37.7 Å². The maximum absolute atomic E-state index is 4.76. The fraction of sp³-hybridized carbons (Fsp3) is 0.765. The first-order valence-corrected chi connectivity index (χ1v) is 8.46. The van der Waals surface area contributed by atoms with E-state index in [1.807, 2.05) is 6.20 Å². The van der Waals surface area contributed by atoms with E-state index in [4.69, 9.17) is 4.98 Å². The van der Waals surface area contributed by atoms with Crippen LogP contribution in [0.2, 0.25) is 0 Å². The van der Waals surface area contributed by atoms with Crippen LogP contribution in [0.15, 0.2) is 6.20 Å². The van der Waals surface area contributed by atoms with Gasteiger partial charge in [0.2, 0.25) is 5.95 Å². The molecule has 1 saturated carbocycles. The van der Waals surface area contributed by atoms with Gasteiger partial charge in [-0.2, -0.15) is 0 Å². The van der Waals surface area contributed by atoms with Crippen molar-refractivity contribution in [1.29, 1.82) is 0 Å². The quantitative estimate of drug-likeness (QED) is 0.873. The molecule has 4 nitrogen and oxygen atoms in total. The van der Waals surface area contributed by atoms with Crippen LogP contribution in [0, 0.1) is 12.3 Å². The van der Waals surface area contributed by atoms with Crippen LogP contribution in [0.5, 0.6) is 0 Å². The van der Waals surface area contributed by atoms with Gasteiger partial charge in [-0.3, -0.25) is 0 Å². The van der Waals surface area contributed by atoms with Gasteiger partial charge >= 0.3 is 0 Å². The Balaban J connectivity index is 1.67. The van der Waals surface area contributed by atoms with E-state index in [0.29, 0.717) is 5.41 Å². The molecule has 3 rings (SSSR count). The van der Waals surface area contributed by atoms with E-state index in [1.54, 1.807) is 0 Å². The third-order valence-corrected chi connectivity index (χ3v) is 5.45. The van der Waals surface area contributed by atoms with Crippen molar-refractivity contribution in [3.63, 3.8) is 0 Å². The van der Waals surface area contributed by atoms with Crippen molar-refractivity contribution in [2.45, 2.75) is 65.5 Å². The molecule has 0 aromatic carbocycles. The van der Waals surface area contributed by atoms with Crippen LogP contribution < -0.4 is 10.2 Å². The van der Waals surface area contributed by atoms with Crippen molar-refractivity contribution < 1.29 is 0 Å². The summed E-state index contributed by atoms with van der Waals surface area (Å²) in [6.07, 6.45) is 8.44. The van der Waals surface area contributed by atoms with E-state index in [-0.39, 0.29) is 0 Å². The molecular formula is C17H28N4. The van der Waals surface area contributed by atoms with Crippen molar-refractivity contribution in [1.82, 2.24) is 15.3 Å². The van der Waals surface area contributed by atoms with Crippen molar-refractivity contribution in [3.05, 3.63) is 17.5 Å². The molecule has 1 aromatic heterocycles. The Labute approximate surface area is 128 Å². The zero-order valence-corrected chi connectivity index (χ0v) is 13.7. The molecule has 0 spiro atoms. The normalized spacial score (nSPS) is 21.0. The van der Waals surface area contributed by atoms with Crippen LogP contribution in [0.1, 0.15) is 57.2 Å². The van der Waals surface area contributed by atoms with E-state index < -0.39 is 0 Å². The molecule has 0 unspecified atom stereocenters. The summed E-state index contributed by atoms with van der Waals surface area (Å²) in [6.45, 7) is 9.85. The average molecular weight is 288 g/mol. The zero-order valence-electron chi connectivity index (χ0n) is 13.7. The minimum atomic E-state index is 0.476. The van der Waals surface area contributed by atoms with Crippen LogP contribution >= 0.6 is 0 Å². The Kier molecular flexibility index (Phi) is 4.16. The number of anilines is 1. The van der Waals surface area contributed by atoms with Gasteiger partial charge in [0.15, 0.2) is 0 Å². The average Bonchev–Trinajstić information content (AvgIpc) is 3.23. The Bertz CT molecular complexity index is 492. The summed E-state index contributed by atoms with van der Waals surface area (Å²) in [6, 6.07) is 0.734. The predicted molar refractivity (Wildman–Crippen MR) is 86.5 cm³/mol. The molecule has 1 aliphatic carbocycles. The molecule has 0 radical (unpaired) electrons. The van der Waals surface area contributed by atoms with Gasteiger partial charge in [-0.25, -0.2) is 9.97 Å². The molecule has 116 valence electrons. The number of hydrogen-bond acceptors (Lipinski definition) is 4. The second kappa shape index (κ2) is 5.91. The summed E-state index contributed by atoms with van der Waals surface area (Å²) in [5, 5.41) is 3.54. The summed E-state index contributed by atoms with van der Waals surface area (Å²) in [7, 11) is 0. The number of hydrogen-bond donors (Lipinski definition) is 1. The number of rotatable bonds is 6. The van der Waals surface area contributed by atoms with Crippen molar-refractivity contribution in [2.75, 3.05) is 18.0 Å². The number of nitrogens with one attached hydrogen (secondary N) is 1. The Morgan fingerprint density at radius 3 is 2.67 bits per heavy atom. The SMILES string of the molecule is CCC1(CC)CCN(c2ncc(CNC3CC3)c(C)n2)C1. The van der Waals surface area contributed by atoms with E-state index in [2.05, 4.69) is 36.0 Å². The van der Waals surface area contributed by atoms with Gasteiger partial charge in [-0.05, 0) is 44.4 Å². The Morgan fingerprint density at radius 1 is 1.33 bits per heavy atom. The zero-order chi connectivity index (χ0) is 14.9. The second-order valence-corrected chi connectivity index (χ2v) is 6.81. The van der Waals surface area contributed by atoms with E-state index in [0.717, 1.165) is 37.3 Å². The lowest BCUT2D eigenvalue weighted by Gasteiger charge is -2.26. The summed E-state index contributed by atoms with van der Waals surface area (Å²) < 4.78 is 0. The number of aryl methyl sites for hydroxylation is 1. The topological polar surface area (TPSA) is 41.1 Å². The van der Waals surface area contributed by atoms with Crippen molar-refractivity contribution in [2.24, 2.45) is 5.41 Å². The molecule has 1 aromatic rings. The standard InChI is InChI=1S/C17H28N4/c1-4-17(5-2)8-9-21(12-17)16-19-11-14(13(3)20-16)10-18-15-6-7-15/h11,15,18H,4-10,12H2,1-3H3. The van der Waals surface area contributed by atoms with E-state index in [9.17, 15) is 0 Å². The van der Waals surface area contributed by atoms with Crippen molar-refractivity contribution in [3.8, 4) is 0 Å². The highest BCUT2D eigenvalue weighted by molar-refractivity contribution is 5.35. The number of aromatic nitrogens is 2. The summed E-state index contributed by atoms with van der Waals surface area (Å²) in [5.41, 5.74) is 2.84. The Morgan fingerprint density at radius 2 is 2.10 bits per heavy atom. The Hall–Kier alpha value is -1.16. The molecular weight excluding hydrogens is 260 g/mol. The smallest absolute Gasteiger partial charge is 0.225 e. The highest BCUT2D eigenvalue weighted by atomic mass is 15.3. The van der Waals surface area contributed by atoms with Gasteiger partial charge in [0.05, 0.1) is 0 Å². The van der Waals surface area contributed by atoms with Gasteiger partial charge in [0.1, 0.15) is 0 Å². The largest absolute Gasteiger partial charge is 0.340 e. The molecule has 1 aliphatic heterocycles. The lowest BCUT2D eigenvalue weighted by Crippen LogP contribution is -2.28. The first-order chi connectivity index (χ1) is 10.2. The summed E-state index contributed by atoms with van der Waals surface area (Å²) >= 11 is 0. The molecule has 2 aliphatic rings. The molecule has 2 fully saturated rings. The summed E-state index contributed by atoms with van der Waals surface area (Å²) in [5.74, 6) is 0.923. The van der Waals surface area contributed by atoms with Gasteiger partial charge < -0.3 is 10.2 Å². The monoisotopic (exact) mass is 288 g/mol. The lowest BCUT2D eigenvalue weighted by atomic mass is 9.82. The van der Waals surface area contributed by atoms with Crippen LogP contribution in [-0.2, 0) is 6.54 Å². The van der Waals surface area contributed by atoms with Gasteiger partial charge in [0.25, 0.3) is 0 Å². The van der Waals surface area contributed by atoms with Crippen molar-refractivity contribution >= 4 is 5.95 Å².